The van der Waals surface area contributed by atoms with Gasteiger partial charge in [-0.3, -0.25) is 4.79 Å². The number of ether oxygens (including phenoxy) is 2. The number of carbonyl (C=O) groups is 2. The summed E-state index contributed by atoms with van der Waals surface area (Å²) in [5, 5.41) is 2.79. The Balaban J connectivity index is 1.50. The first kappa shape index (κ1) is 21.4. The van der Waals surface area contributed by atoms with Crippen molar-refractivity contribution in [1.29, 1.82) is 0 Å². The maximum atomic E-state index is 12.4. The summed E-state index contributed by atoms with van der Waals surface area (Å²) >= 11 is 0. The molecule has 1 amide bonds. The molecule has 1 unspecified atom stereocenters. The SMILES string of the molecule is COc1cccc(/C=C/C(=O)OC(C)C(=O)Nc2ccc(N3CCCCC3)cc2)c1. The Labute approximate surface area is 177 Å². The van der Waals surface area contributed by atoms with Gasteiger partial charge in [-0.2, -0.15) is 0 Å². The quantitative estimate of drug-likeness (QED) is 0.547. The fourth-order valence-electron chi connectivity index (χ4n) is 3.33. The molecule has 1 heterocycles. The van der Waals surface area contributed by atoms with Gasteiger partial charge >= 0.3 is 5.97 Å². The van der Waals surface area contributed by atoms with Crippen LogP contribution in [0.3, 0.4) is 0 Å². The normalized spacial score (nSPS) is 14.9. The third-order valence-electron chi connectivity index (χ3n) is 5.02. The molecule has 2 aromatic carbocycles. The van der Waals surface area contributed by atoms with Crippen molar-refractivity contribution in [3.05, 3.63) is 60.2 Å². The minimum atomic E-state index is -0.908. The highest BCUT2D eigenvalue weighted by Crippen LogP contribution is 2.22. The zero-order chi connectivity index (χ0) is 21.3. The second-order valence-electron chi connectivity index (χ2n) is 7.27. The van der Waals surface area contributed by atoms with E-state index in [-0.39, 0.29) is 5.91 Å². The number of hydrogen-bond donors (Lipinski definition) is 1. The number of anilines is 2. The standard InChI is InChI=1S/C24H28N2O4/c1-18(30-23(27)14-9-19-7-6-8-22(17-19)29-2)24(28)25-20-10-12-21(13-11-20)26-15-4-3-5-16-26/h6-14,17-18H,3-5,15-16H2,1-2H3,(H,25,28)/b14-9+. The highest BCUT2D eigenvalue weighted by atomic mass is 16.5. The lowest BCUT2D eigenvalue weighted by atomic mass is 10.1. The molecule has 1 atom stereocenters. The number of nitrogens with zero attached hydrogens (tertiary/aromatic N) is 1. The van der Waals surface area contributed by atoms with Crippen LogP contribution in [0.5, 0.6) is 5.75 Å². The highest BCUT2D eigenvalue weighted by Gasteiger charge is 2.17. The lowest BCUT2D eigenvalue weighted by Gasteiger charge is -2.28. The molecule has 0 aromatic heterocycles. The van der Waals surface area contributed by atoms with Gasteiger partial charge in [-0.25, -0.2) is 4.79 Å². The molecule has 0 saturated carbocycles. The molecule has 6 nitrogen and oxygen atoms in total. The molecule has 158 valence electrons. The summed E-state index contributed by atoms with van der Waals surface area (Å²) in [4.78, 5) is 26.7. The van der Waals surface area contributed by atoms with Crippen molar-refractivity contribution in [2.45, 2.75) is 32.3 Å². The van der Waals surface area contributed by atoms with Gasteiger partial charge in [0.2, 0.25) is 0 Å². The van der Waals surface area contributed by atoms with Gasteiger partial charge in [0.1, 0.15) is 5.75 Å². The van der Waals surface area contributed by atoms with Crippen molar-refractivity contribution >= 4 is 29.3 Å². The molecule has 0 bridgehead atoms. The van der Waals surface area contributed by atoms with E-state index in [9.17, 15) is 9.59 Å². The number of hydrogen-bond acceptors (Lipinski definition) is 5. The number of rotatable bonds is 7. The van der Waals surface area contributed by atoms with Crippen molar-refractivity contribution in [2.75, 3.05) is 30.4 Å². The molecule has 1 N–H and O–H groups in total. The molecule has 0 radical (unpaired) electrons. The summed E-state index contributed by atoms with van der Waals surface area (Å²) in [7, 11) is 1.58. The van der Waals surface area contributed by atoms with Crippen LogP contribution in [0.2, 0.25) is 0 Å². The largest absolute Gasteiger partial charge is 0.497 e. The van der Waals surface area contributed by atoms with Gasteiger partial charge in [0.05, 0.1) is 7.11 Å². The van der Waals surface area contributed by atoms with Crippen LogP contribution >= 0.6 is 0 Å². The highest BCUT2D eigenvalue weighted by molar-refractivity contribution is 5.96. The summed E-state index contributed by atoms with van der Waals surface area (Å²) in [6, 6.07) is 15.1. The van der Waals surface area contributed by atoms with E-state index >= 15 is 0 Å². The second kappa shape index (κ2) is 10.5. The zero-order valence-electron chi connectivity index (χ0n) is 17.5. The Morgan fingerprint density at radius 1 is 1.07 bits per heavy atom. The van der Waals surface area contributed by atoms with Gasteiger partial charge < -0.3 is 19.7 Å². The number of amides is 1. The van der Waals surface area contributed by atoms with Crippen molar-refractivity contribution in [3.63, 3.8) is 0 Å². The molecule has 1 saturated heterocycles. The van der Waals surface area contributed by atoms with Crippen LogP contribution in [0.25, 0.3) is 6.08 Å². The number of esters is 1. The van der Waals surface area contributed by atoms with Crippen LogP contribution < -0.4 is 15.0 Å². The van der Waals surface area contributed by atoms with E-state index in [0.717, 1.165) is 24.3 Å². The van der Waals surface area contributed by atoms with Crippen molar-refractivity contribution in [2.24, 2.45) is 0 Å². The first-order valence-electron chi connectivity index (χ1n) is 10.2. The smallest absolute Gasteiger partial charge is 0.331 e. The van der Waals surface area contributed by atoms with Crippen LogP contribution in [0.4, 0.5) is 11.4 Å². The Hall–Kier alpha value is -3.28. The minimum absolute atomic E-state index is 0.371. The second-order valence-corrected chi connectivity index (χ2v) is 7.27. The van der Waals surface area contributed by atoms with Crippen molar-refractivity contribution in [1.82, 2.24) is 0 Å². The fraction of sp³-hybridized carbons (Fsp3) is 0.333. The minimum Gasteiger partial charge on any atom is -0.497 e. The average Bonchev–Trinajstić information content (AvgIpc) is 2.79. The molecule has 2 aromatic rings. The van der Waals surface area contributed by atoms with Crippen LogP contribution in [0, 0.1) is 0 Å². The molecule has 30 heavy (non-hydrogen) atoms. The van der Waals surface area contributed by atoms with Gasteiger partial charge in [0, 0.05) is 30.5 Å². The maximum Gasteiger partial charge on any atom is 0.331 e. The molecular formula is C24H28N2O4. The molecule has 3 rings (SSSR count). The van der Waals surface area contributed by atoms with Crippen molar-refractivity contribution in [3.8, 4) is 5.75 Å². The van der Waals surface area contributed by atoms with E-state index in [0.29, 0.717) is 11.4 Å². The predicted octanol–water partition coefficient (Wildman–Crippen LogP) is 4.27. The molecule has 1 aliphatic heterocycles. The summed E-state index contributed by atoms with van der Waals surface area (Å²) in [5.74, 6) is -0.255. The molecular weight excluding hydrogens is 380 g/mol. The van der Waals surface area contributed by atoms with Crippen LogP contribution in [-0.2, 0) is 14.3 Å². The zero-order valence-corrected chi connectivity index (χ0v) is 17.5. The molecule has 1 aliphatic rings. The Morgan fingerprint density at radius 2 is 1.80 bits per heavy atom. The van der Waals surface area contributed by atoms with Crippen LogP contribution in [-0.4, -0.2) is 38.2 Å². The summed E-state index contributed by atoms with van der Waals surface area (Å²) in [6.07, 6.45) is 5.73. The van der Waals surface area contributed by atoms with Crippen LogP contribution in [0.1, 0.15) is 31.7 Å². The van der Waals surface area contributed by atoms with Crippen molar-refractivity contribution < 1.29 is 19.1 Å². The summed E-state index contributed by atoms with van der Waals surface area (Å²) < 4.78 is 10.4. The molecule has 0 spiro atoms. The van der Waals surface area contributed by atoms with E-state index in [4.69, 9.17) is 9.47 Å². The first-order chi connectivity index (χ1) is 14.5. The summed E-state index contributed by atoms with van der Waals surface area (Å²) in [6.45, 7) is 3.69. The first-order valence-corrected chi connectivity index (χ1v) is 10.2. The third kappa shape index (κ3) is 6.11. The lowest BCUT2D eigenvalue weighted by Crippen LogP contribution is -2.30. The third-order valence-corrected chi connectivity index (χ3v) is 5.02. The molecule has 1 fully saturated rings. The van der Waals surface area contributed by atoms with Crippen LogP contribution in [0.15, 0.2) is 54.6 Å². The molecule has 6 heteroatoms. The van der Waals surface area contributed by atoms with Gasteiger partial charge in [-0.15, -0.1) is 0 Å². The average molecular weight is 408 g/mol. The Bertz CT molecular complexity index is 886. The van der Waals surface area contributed by atoms with E-state index < -0.39 is 12.1 Å². The Kier molecular flexibility index (Phi) is 7.49. The monoisotopic (exact) mass is 408 g/mol. The topological polar surface area (TPSA) is 67.9 Å². The Morgan fingerprint density at radius 3 is 2.50 bits per heavy atom. The van der Waals surface area contributed by atoms with Gasteiger partial charge in [0.25, 0.3) is 5.91 Å². The number of carbonyl (C=O) groups excluding carboxylic acids is 2. The van der Waals surface area contributed by atoms with E-state index in [1.165, 1.54) is 25.3 Å². The van der Waals surface area contributed by atoms with Gasteiger partial charge in [-0.1, -0.05) is 12.1 Å². The van der Waals surface area contributed by atoms with E-state index in [2.05, 4.69) is 10.2 Å². The number of methoxy groups -OCH3 is 1. The van der Waals surface area contributed by atoms with E-state index in [1.807, 2.05) is 42.5 Å². The summed E-state index contributed by atoms with van der Waals surface area (Å²) in [5.41, 5.74) is 2.64. The van der Waals surface area contributed by atoms with Gasteiger partial charge in [-0.05, 0) is 74.2 Å². The predicted molar refractivity (Wildman–Crippen MR) is 119 cm³/mol. The fourth-order valence-corrected chi connectivity index (χ4v) is 3.33. The lowest BCUT2D eigenvalue weighted by molar-refractivity contribution is -0.148. The van der Waals surface area contributed by atoms with Gasteiger partial charge in [0.15, 0.2) is 6.10 Å². The van der Waals surface area contributed by atoms with E-state index in [1.54, 1.807) is 26.2 Å². The maximum absolute atomic E-state index is 12.4. The number of piperidine rings is 1. The molecule has 0 aliphatic carbocycles. The number of benzene rings is 2. The number of nitrogens with one attached hydrogen (secondary N) is 1.